The van der Waals surface area contributed by atoms with Crippen molar-refractivity contribution in [2.75, 3.05) is 26.3 Å². The van der Waals surface area contributed by atoms with Crippen molar-refractivity contribution in [3.05, 3.63) is 65.7 Å². The number of benzene rings is 1. The number of carbonyl (C=O) groups excluding carboxylic acids is 1. The average molecular weight is 397 g/mol. The van der Waals surface area contributed by atoms with Crippen molar-refractivity contribution in [1.82, 2.24) is 9.88 Å². The van der Waals surface area contributed by atoms with Crippen LogP contribution < -0.4 is 0 Å². The van der Waals surface area contributed by atoms with Crippen molar-refractivity contribution in [3.8, 4) is 0 Å². The predicted molar refractivity (Wildman–Crippen MR) is 110 cm³/mol. The van der Waals surface area contributed by atoms with Crippen molar-refractivity contribution in [3.63, 3.8) is 0 Å². The highest BCUT2D eigenvalue weighted by atomic mass is 19.1. The van der Waals surface area contributed by atoms with Crippen LogP contribution in [-0.2, 0) is 22.4 Å². The number of piperidine rings is 1. The number of rotatable bonds is 5. The Morgan fingerprint density at radius 3 is 2.72 bits per heavy atom. The second-order valence-electron chi connectivity index (χ2n) is 8.45. The molecule has 2 saturated heterocycles. The fourth-order valence-electron chi connectivity index (χ4n) is 4.80. The van der Waals surface area contributed by atoms with Gasteiger partial charge in [-0.25, -0.2) is 4.39 Å². The maximum absolute atomic E-state index is 14.4. The van der Waals surface area contributed by atoms with Gasteiger partial charge in [-0.05, 0) is 68.2 Å². The number of carbonyl (C=O) groups is 1. The first-order valence-corrected chi connectivity index (χ1v) is 10.7. The maximum Gasteiger partial charge on any atom is 0.229 e. The molecule has 1 atom stereocenters. The second-order valence-corrected chi connectivity index (χ2v) is 8.45. The van der Waals surface area contributed by atoms with E-state index >= 15 is 0 Å². The number of halogens is 1. The minimum absolute atomic E-state index is 0.176. The number of hydrogen-bond donors (Lipinski definition) is 0. The summed E-state index contributed by atoms with van der Waals surface area (Å²) >= 11 is 0. The highest BCUT2D eigenvalue weighted by Gasteiger charge is 2.43. The number of pyridine rings is 1. The van der Waals surface area contributed by atoms with Gasteiger partial charge in [0.25, 0.3) is 0 Å². The zero-order valence-corrected chi connectivity index (χ0v) is 16.9. The van der Waals surface area contributed by atoms with E-state index in [0.29, 0.717) is 44.0 Å². The van der Waals surface area contributed by atoms with Gasteiger partial charge in [0, 0.05) is 38.2 Å². The average Bonchev–Trinajstić information content (AvgIpc) is 2.76. The van der Waals surface area contributed by atoms with E-state index in [1.165, 1.54) is 6.07 Å². The zero-order valence-electron chi connectivity index (χ0n) is 16.9. The molecule has 2 aliphatic heterocycles. The molecule has 3 heterocycles. The Hall–Kier alpha value is -2.27. The Balaban J connectivity index is 1.50. The molecule has 0 N–H and O–H groups in total. The van der Waals surface area contributed by atoms with E-state index in [2.05, 4.69) is 11.1 Å². The van der Waals surface area contributed by atoms with Crippen molar-refractivity contribution in [1.29, 1.82) is 0 Å². The number of likely N-dealkylation sites (tertiary alicyclic amines) is 1. The van der Waals surface area contributed by atoms with E-state index in [0.717, 1.165) is 38.0 Å². The summed E-state index contributed by atoms with van der Waals surface area (Å²) in [6, 6.07) is 12.8. The number of nitrogens with zero attached hydrogens (tertiary/aromatic N) is 2. The lowest BCUT2D eigenvalue weighted by atomic mass is 9.73. The van der Waals surface area contributed by atoms with E-state index < -0.39 is 5.41 Å². The van der Waals surface area contributed by atoms with E-state index in [-0.39, 0.29) is 11.7 Å². The first-order valence-electron chi connectivity index (χ1n) is 10.7. The Morgan fingerprint density at radius 2 is 1.97 bits per heavy atom. The van der Waals surface area contributed by atoms with Crippen LogP contribution in [0.15, 0.2) is 48.7 Å². The molecule has 0 saturated carbocycles. The smallest absolute Gasteiger partial charge is 0.229 e. The Kier molecular flexibility index (Phi) is 6.24. The molecule has 2 aliphatic rings. The summed E-state index contributed by atoms with van der Waals surface area (Å²) in [5, 5.41) is 0. The first kappa shape index (κ1) is 20.0. The predicted octanol–water partition coefficient (Wildman–Crippen LogP) is 4.04. The summed E-state index contributed by atoms with van der Waals surface area (Å²) in [7, 11) is 0. The van der Waals surface area contributed by atoms with Gasteiger partial charge in [-0.1, -0.05) is 24.3 Å². The van der Waals surface area contributed by atoms with Gasteiger partial charge in [-0.3, -0.25) is 9.78 Å². The van der Waals surface area contributed by atoms with Crippen LogP contribution in [0.25, 0.3) is 0 Å². The molecule has 2 aromatic rings. The molecule has 1 aromatic carbocycles. The highest BCUT2D eigenvalue weighted by molar-refractivity contribution is 5.83. The van der Waals surface area contributed by atoms with Crippen molar-refractivity contribution < 1.29 is 13.9 Å². The molecule has 1 aromatic heterocycles. The topological polar surface area (TPSA) is 42.4 Å². The van der Waals surface area contributed by atoms with Crippen LogP contribution in [-0.4, -0.2) is 42.1 Å². The van der Waals surface area contributed by atoms with Gasteiger partial charge in [0.2, 0.25) is 5.91 Å². The molecule has 5 heteroatoms. The molecule has 0 spiro atoms. The molecule has 0 bridgehead atoms. The maximum atomic E-state index is 14.4. The van der Waals surface area contributed by atoms with Crippen molar-refractivity contribution >= 4 is 5.91 Å². The van der Waals surface area contributed by atoms with Crippen molar-refractivity contribution in [2.45, 2.75) is 38.5 Å². The molecular weight excluding hydrogens is 367 g/mol. The molecule has 29 heavy (non-hydrogen) atoms. The standard InChI is InChI=1S/C24H29FN2O2/c25-22-9-2-1-7-20(22)17-24(10-14-29-15-11-24)23(28)27-13-5-6-19(18-27)16-21-8-3-4-12-26-21/h1-4,7-9,12,19H,5-6,10-11,13-18H2/t19-/m1/s1. The van der Waals surface area contributed by atoms with E-state index in [1.54, 1.807) is 12.1 Å². The zero-order chi connectivity index (χ0) is 20.1. The number of hydrogen-bond acceptors (Lipinski definition) is 3. The fraction of sp³-hybridized carbons (Fsp3) is 0.500. The van der Waals surface area contributed by atoms with Crippen LogP contribution in [0, 0.1) is 17.2 Å². The molecular formula is C24H29FN2O2. The Bertz CT molecular complexity index is 821. The minimum atomic E-state index is -0.562. The summed E-state index contributed by atoms with van der Waals surface area (Å²) in [5.74, 6) is 0.376. The SMILES string of the molecule is O=C(N1CCC[C@H](Cc2ccccn2)C1)C1(Cc2ccccc2F)CCOCC1. The van der Waals surface area contributed by atoms with Gasteiger partial charge in [-0.15, -0.1) is 0 Å². The third-order valence-corrected chi connectivity index (χ3v) is 6.42. The van der Waals surface area contributed by atoms with E-state index in [4.69, 9.17) is 4.74 Å². The number of ether oxygens (including phenoxy) is 1. The van der Waals surface area contributed by atoms with Crippen LogP contribution in [0.2, 0.25) is 0 Å². The first-order chi connectivity index (χ1) is 14.2. The lowest BCUT2D eigenvalue weighted by Crippen LogP contribution is -2.51. The van der Waals surface area contributed by atoms with Crippen LogP contribution in [0.4, 0.5) is 4.39 Å². The summed E-state index contributed by atoms with van der Waals surface area (Å²) in [6.07, 6.45) is 6.60. The fourth-order valence-corrected chi connectivity index (χ4v) is 4.80. The van der Waals surface area contributed by atoms with Gasteiger partial charge in [-0.2, -0.15) is 0 Å². The number of aromatic nitrogens is 1. The van der Waals surface area contributed by atoms with Gasteiger partial charge in [0.1, 0.15) is 5.82 Å². The molecule has 4 rings (SSSR count). The van der Waals surface area contributed by atoms with Gasteiger partial charge in [0.15, 0.2) is 0 Å². The van der Waals surface area contributed by atoms with E-state index in [9.17, 15) is 9.18 Å². The summed E-state index contributed by atoms with van der Waals surface area (Å²) in [4.78, 5) is 20.2. The van der Waals surface area contributed by atoms with Crippen molar-refractivity contribution in [2.24, 2.45) is 11.3 Å². The lowest BCUT2D eigenvalue weighted by molar-refractivity contribution is -0.150. The minimum Gasteiger partial charge on any atom is -0.381 e. The van der Waals surface area contributed by atoms with Crippen LogP contribution in [0.1, 0.15) is 36.9 Å². The monoisotopic (exact) mass is 396 g/mol. The Labute approximate surface area is 172 Å². The molecule has 1 amide bonds. The summed E-state index contributed by atoms with van der Waals surface area (Å²) in [5.41, 5.74) is 1.15. The molecule has 0 aliphatic carbocycles. The van der Waals surface area contributed by atoms with E-state index in [1.807, 2.05) is 29.3 Å². The quantitative estimate of drug-likeness (QED) is 0.766. The normalized spacial score (nSPS) is 21.7. The molecule has 0 radical (unpaired) electrons. The van der Waals surface area contributed by atoms with Crippen LogP contribution in [0.3, 0.4) is 0 Å². The third kappa shape index (κ3) is 4.67. The van der Waals surface area contributed by atoms with Crippen LogP contribution in [0.5, 0.6) is 0 Å². The third-order valence-electron chi connectivity index (χ3n) is 6.42. The van der Waals surface area contributed by atoms with Gasteiger partial charge >= 0.3 is 0 Å². The molecule has 2 fully saturated rings. The highest BCUT2D eigenvalue weighted by Crippen LogP contribution is 2.38. The second kappa shape index (κ2) is 9.04. The Morgan fingerprint density at radius 1 is 1.17 bits per heavy atom. The largest absolute Gasteiger partial charge is 0.381 e. The number of amides is 1. The van der Waals surface area contributed by atoms with Gasteiger partial charge in [0.05, 0.1) is 5.41 Å². The molecule has 4 nitrogen and oxygen atoms in total. The summed E-state index contributed by atoms with van der Waals surface area (Å²) < 4.78 is 19.9. The van der Waals surface area contributed by atoms with Crippen LogP contribution >= 0.6 is 0 Å². The summed E-state index contributed by atoms with van der Waals surface area (Å²) in [6.45, 7) is 2.67. The molecule has 0 unspecified atom stereocenters. The molecule has 154 valence electrons. The van der Waals surface area contributed by atoms with Gasteiger partial charge < -0.3 is 9.64 Å². The lowest BCUT2D eigenvalue weighted by Gasteiger charge is -2.42.